The van der Waals surface area contributed by atoms with Crippen LogP contribution in [0.2, 0.25) is 0 Å². The van der Waals surface area contributed by atoms with Gasteiger partial charge in [-0.2, -0.15) is 0 Å². The summed E-state index contributed by atoms with van der Waals surface area (Å²) in [5.74, 6) is 0.608. The van der Waals surface area contributed by atoms with Crippen LogP contribution in [0.15, 0.2) is 0 Å². The predicted molar refractivity (Wildman–Crippen MR) is 71.8 cm³/mol. The summed E-state index contributed by atoms with van der Waals surface area (Å²) in [7, 11) is 0. The Morgan fingerprint density at radius 3 is 1.94 bits per heavy atom. The lowest BCUT2D eigenvalue weighted by Gasteiger charge is -2.16. The van der Waals surface area contributed by atoms with Crippen LogP contribution in [0.1, 0.15) is 48.5 Å². The predicted octanol–water partition coefficient (Wildman–Crippen LogP) is 2.17. The van der Waals surface area contributed by atoms with Crippen molar-refractivity contribution in [3.8, 4) is 0 Å². The van der Waals surface area contributed by atoms with Gasteiger partial charge in [0.05, 0.1) is 6.04 Å². The molecule has 0 saturated heterocycles. The van der Waals surface area contributed by atoms with Crippen LogP contribution in [0.4, 0.5) is 0 Å². The molecule has 1 fully saturated rings. The zero-order valence-electron chi connectivity index (χ0n) is 12.3. The summed E-state index contributed by atoms with van der Waals surface area (Å²) in [6.45, 7) is 15.9. The highest BCUT2D eigenvalue weighted by molar-refractivity contribution is 5.81. The number of carbonyl (C=O) groups excluding carboxylic acids is 1. The molecule has 1 rings (SSSR count). The molecule has 1 aliphatic carbocycles. The van der Waals surface area contributed by atoms with Gasteiger partial charge in [-0.15, -0.1) is 0 Å². The van der Waals surface area contributed by atoms with Gasteiger partial charge in [0.1, 0.15) is 0 Å². The monoisotopic (exact) mass is 240 g/mol. The minimum Gasteiger partial charge on any atom is -0.354 e. The fourth-order valence-corrected chi connectivity index (χ4v) is 2.40. The van der Waals surface area contributed by atoms with Crippen LogP contribution in [0.3, 0.4) is 0 Å². The van der Waals surface area contributed by atoms with Crippen LogP contribution < -0.4 is 10.6 Å². The van der Waals surface area contributed by atoms with E-state index in [4.69, 9.17) is 0 Å². The van der Waals surface area contributed by atoms with Crippen molar-refractivity contribution in [3.63, 3.8) is 0 Å². The van der Waals surface area contributed by atoms with E-state index in [9.17, 15) is 4.79 Å². The van der Waals surface area contributed by atoms with Crippen molar-refractivity contribution < 1.29 is 4.79 Å². The molecule has 17 heavy (non-hydrogen) atoms. The molecule has 0 bridgehead atoms. The van der Waals surface area contributed by atoms with Gasteiger partial charge in [0.2, 0.25) is 5.91 Å². The molecule has 1 aliphatic rings. The van der Waals surface area contributed by atoms with Crippen molar-refractivity contribution in [1.29, 1.82) is 0 Å². The Labute approximate surface area is 106 Å². The molecule has 3 nitrogen and oxygen atoms in total. The highest BCUT2D eigenvalue weighted by Crippen LogP contribution is 2.62. The first-order valence-electron chi connectivity index (χ1n) is 6.64. The van der Waals surface area contributed by atoms with E-state index in [1.54, 1.807) is 0 Å². The standard InChI is InChI=1S/C14H28N2O/c1-9(2)8-15-11(17)10(3)16-12-13(4,5)14(12,6)7/h9-10,12,16H,8H2,1-7H3,(H,15,17). The topological polar surface area (TPSA) is 41.1 Å². The molecule has 0 aliphatic heterocycles. The third kappa shape index (κ3) is 2.82. The van der Waals surface area contributed by atoms with Gasteiger partial charge in [0.15, 0.2) is 0 Å². The lowest BCUT2D eigenvalue weighted by Crippen LogP contribution is -2.45. The molecule has 1 atom stereocenters. The maximum absolute atomic E-state index is 11.9. The molecule has 0 aromatic carbocycles. The zero-order valence-corrected chi connectivity index (χ0v) is 12.3. The van der Waals surface area contributed by atoms with E-state index in [-0.39, 0.29) is 22.8 Å². The van der Waals surface area contributed by atoms with Crippen molar-refractivity contribution in [2.75, 3.05) is 6.54 Å². The van der Waals surface area contributed by atoms with Crippen LogP contribution in [-0.2, 0) is 4.79 Å². The quantitative estimate of drug-likeness (QED) is 0.773. The Morgan fingerprint density at radius 2 is 1.59 bits per heavy atom. The summed E-state index contributed by atoms with van der Waals surface area (Å²) in [6.07, 6.45) is 0. The van der Waals surface area contributed by atoms with Crippen LogP contribution in [0, 0.1) is 16.7 Å². The Morgan fingerprint density at radius 1 is 1.12 bits per heavy atom. The van der Waals surface area contributed by atoms with Crippen LogP contribution in [-0.4, -0.2) is 24.5 Å². The van der Waals surface area contributed by atoms with E-state index >= 15 is 0 Å². The SMILES string of the molecule is CC(C)CNC(=O)C(C)NC1C(C)(C)C1(C)C. The Hall–Kier alpha value is -0.570. The van der Waals surface area contributed by atoms with Crippen molar-refractivity contribution in [2.24, 2.45) is 16.7 Å². The second kappa shape index (κ2) is 4.60. The highest BCUT2D eigenvalue weighted by atomic mass is 16.2. The van der Waals surface area contributed by atoms with E-state index in [0.29, 0.717) is 12.0 Å². The highest BCUT2D eigenvalue weighted by Gasteiger charge is 2.64. The Balaban J connectivity index is 2.41. The third-order valence-corrected chi connectivity index (χ3v) is 4.52. The molecule has 2 N–H and O–H groups in total. The van der Waals surface area contributed by atoms with Crippen molar-refractivity contribution in [1.82, 2.24) is 10.6 Å². The number of carbonyl (C=O) groups is 1. The largest absolute Gasteiger partial charge is 0.354 e. The fraction of sp³-hybridized carbons (Fsp3) is 0.929. The third-order valence-electron chi connectivity index (χ3n) is 4.52. The molecular weight excluding hydrogens is 212 g/mol. The Kier molecular flexibility index (Phi) is 3.92. The fourth-order valence-electron chi connectivity index (χ4n) is 2.40. The maximum Gasteiger partial charge on any atom is 0.236 e. The second-order valence-corrected chi connectivity index (χ2v) is 6.90. The second-order valence-electron chi connectivity index (χ2n) is 6.90. The first-order valence-corrected chi connectivity index (χ1v) is 6.64. The van der Waals surface area contributed by atoms with Crippen LogP contribution in [0.5, 0.6) is 0 Å². The molecule has 0 aromatic rings. The number of hydrogen-bond acceptors (Lipinski definition) is 2. The van der Waals surface area contributed by atoms with Crippen molar-refractivity contribution in [3.05, 3.63) is 0 Å². The van der Waals surface area contributed by atoms with Gasteiger partial charge in [-0.25, -0.2) is 0 Å². The van der Waals surface area contributed by atoms with Gasteiger partial charge in [-0.05, 0) is 23.7 Å². The first kappa shape index (κ1) is 14.5. The molecule has 0 radical (unpaired) electrons. The lowest BCUT2D eigenvalue weighted by atomic mass is 10.0. The summed E-state index contributed by atoms with van der Waals surface area (Å²) in [4.78, 5) is 11.9. The van der Waals surface area contributed by atoms with Crippen LogP contribution in [0.25, 0.3) is 0 Å². The summed E-state index contributed by atoms with van der Waals surface area (Å²) >= 11 is 0. The minimum atomic E-state index is -0.111. The summed E-state index contributed by atoms with van der Waals surface area (Å²) in [6, 6.07) is 0.314. The van der Waals surface area contributed by atoms with E-state index < -0.39 is 0 Å². The van der Waals surface area contributed by atoms with E-state index in [1.807, 2.05) is 6.92 Å². The molecule has 100 valence electrons. The van der Waals surface area contributed by atoms with Gasteiger partial charge in [0.25, 0.3) is 0 Å². The van der Waals surface area contributed by atoms with Gasteiger partial charge in [-0.3, -0.25) is 4.79 Å². The first-order chi connectivity index (χ1) is 7.60. The van der Waals surface area contributed by atoms with E-state index in [0.717, 1.165) is 6.54 Å². The summed E-state index contributed by atoms with van der Waals surface area (Å²) in [5, 5.41) is 6.41. The summed E-state index contributed by atoms with van der Waals surface area (Å²) < 4.78 is 0. The van der Waals surface area contributed by atoms with E-state index in [2.05, 4.69) is 52.2 Å². The van der Waals surface area contributed by atoms with Crippen molar-refractivity contribution >= 4 is 5.91 Å². The smallest absolute Gasteiger partial charge is 0.236 e. The molecule has 0 spiro atoms. The maximum atomic E-state index is 11.9. The number of rotatable bonds is 5. The molecule has 1 amide bonds. The van der Waals surface area contributed by atoms with Gasteiger partial charge >= 0.3 is 0 Å². The molecule has 3 heteroatoms. The van der Waals surface area contributed by atoms with Gasteiger partial charge < -0.3 is 10.6 Å². The Bertz CT molecular complexity index is 281. The normalized spacial score (nSPS) is 23.5. The number of hydrogen-bond donors (Lipinski definition) is 2. The van der Waals surface area contributed by atoms with Crippen molar-refractivity contribution in [2.45, 2.75) is 60.5 Å². The average molecular weight is 240 g/mol. The van der Waals surface area contributed by atoms with E-state index in [1.165, 1.54) is 0 Å². The molecule has 0 aromatic heterocycles. The molecule has 1 unspecified atom stereocenters. The molecule has 0 heterocycles. The zero-order chi connectivity index (χ0) is 13.4. The molecular formula is C14H28N2O. The van der Waals surface area contributed by atoms with Crippen LogP contribution >= 0.6 is 0 Å². The lowest BCUT2D eigenvalue weighted by molar-refractivity contribution is -0.123. The summed E-state index contributed by atoms with van der Waals surface area (Å²) in [5.41, 5.74) is 0.555. The number of amides is 1. The minimum absolute atomic E-state index is 0.109. The average Bonchev–Trinajstić information content (AvgIpc) is 2.57. The van der Waals surface area contributed by atoms with Gasteiger partial charge in [0, 0.05) is 12.6 Å². The van der Waals surface area contributed by atoms with Gasteiger partial charge in [-0.1, -0.05) is 41.5 Å². The number of nitrogens with one attached hydrogen (secondary N) is 2. The molecule has 1 saturated carbocycles.